The molecule has 0 amide bonds. The molecule has 0 bridgehead atoms. The van der Waals surface area contributed by atoms with E-state index in [4.69, 9.17) is 5.84 Å². The summed E-state index contributed by atoms with van der Waals surface area (Å²) in [6.45, 7) is 0. The van der Waals surface area contributed by atoms with Gasteiger partial charge in [-0.3, -0.25) is 10.9 Å². The molecule has 0 fully saturated rings. The van der Waals surface area contributed by atoms with Crippen molar-refractivity contribution in [2.75, 3.05) is 14.1 Å². The van der Waals surface area contributed by atoms with Gasteiger partial charge in [-0.1, -0.05) is 0 Å². The molecule has 0 aromatic carbocycles. The maximum Gasteiger partial charge on any atom is 0.00105 e. The molecule has 0 aliphatic rings. The van der Waals surface area contributed by atoms with Gasteiger partial charge in [-0.25, -0.2) is 0 Å². The van der Waals surface area contributed by atoms with Crippen molar-refractivity contribution in [1.82, 2.24) is 5.01 Å². The SMILES string of the molecule is CN(C)N.Cl.Cl. The number of hydrazine groups is 1. The summed E-state index contributed by atoms with van der Waals surface area (Å²) >= 11 is 0. The number of nitrogens with two attached hydrogens (primary N) is 1. The van der Waals surface area contributed by atoms with Crippen LogP contribution in [0.2, 0.25) is 0 Å². The highest BCUT2D eigenvalue weighted by Crippen LogP contribution is 1.37. The van der Waals surface area contributed by atoms with E-state index < -0.39 is 0 Å². The molecule has 0 unspecified atom stereocenters. The minimum absolute atomic E-state index is 0. The van der Waals surface area contributed by atoms with Crippen LogP contribution in [0.4, 0.5) is 0 Å². The Balaban J connectivity index is -0.0000000450. The lowest BCUT2D eigenvalue weighted by molar-refractivity contribution is 0.432. The molecule has 0 atom stereocenters. The quantitative estimate of drug-likeness (QED) is 0.379. The lowest BCUT2D eigenvalue weighted by Gasteiger charge is -1.91. The van der Waals surface area contributed by atoms with Gasteiger partial charge < -0.3 is 0 Å². The number of nitrogens with zero attached hydrogens (tertiary/aromatic N) is 1. The van der Waals surface area contributed by atoms with Crippen LogP contribution in [0.25, 0.3) is 0 Å². The highest BCUT2D eigenvalue weighted by molar-refractivity contribution is 5.85. The number of hydrogen-bond donors (Lipinski definition) is 1. The fourth-order valence-electron chi connectivity index (χ4n) is 0. The minimum atomic E-state index is 0. The summed E-state index contributed by atoms with van der Waals surface area (Å²) in [6, 6.07) is 0. The molecule has 0 aromatic rings. The predicted molar refractivity (Wildman–Crippen MR) is 32.4 cm³/mol. The van der Waals surface area contributed by atoms with Gasteiger partial charge in [0.1, 0.15) is 0 Å². The van der Waals surface area contributed by atoms with Gasteiger partial charge in [0.2, 0.25) is 0 Å². The molecule has 2 N–H and O–H groups in total. The van der Waals surface area contributed by atoms with Gasteiger partial charge in [-0.15, -0.1) is 24.8 Å². The van der Waals surface area contributed by atoms with E-state index in [0.29, 0.717) is 0 Å². The van der Waals surface area contributed by atoms with E-state index in [-0.39, 0.29) is 24.8 Å². The van der Waals surface area contributed by atoms with Crippen LogP contribution in [-0.4, -0.2) is 19.1 Å². The highest BCUT2D eigenvalue weighted by atomic mass is 35.5. The molecular weight excluding hydrogens is 123 g/mol. The first-order valence-electron chi connectivity index (χ1n) is 1.15. The van der Waals surface area contributed by atoms with Crippen LogP contribution < -0.4 is 5.84 Å². The summed E-state index contributed by atoms with van der Waals surface area (Å²) in [4.78, 5) is 0. The van der Waals surface area contributed by atoms with Gasteiger partial charge >= 0.3 is 0 Å². The van der Waals surface area contributed by atoms with Crippen LogP contribution in [0, 0.1) is 0 Å². The van der Waals surface area contributed by atoms with E-state index in [1.807, 2.05) is 0 Å². The Labute approximate surface area is 50.5 Å². The molecule has 0 spiro atoms. The predicted octanol–water partition coefficient (Wildman–Crippen LogP) is 0.265. The van der Waals surface area contributed by atoms with Gasteiger partial charge in [0, 0.05) is 14.1 Å². The van der Waals surface area contributed by atoms with E-state index in [2.05, 4.69) is 0 Å². The zero-order valence-corrected chi connectivity index (χ0v) is 5.47. The molecule has 0 heterocycles. The van der Waals surface area contributed by atoms with Crippen LogP contribution in [0.3, 0.4) is 0 Å². The maximum absolute atomic E-state index is 4.94. The third-order valence-electron chi connectivity index (χ3n) is 0. The summed E-state index contributed by atoms with van der Waals surface area (Å²) in [5.41, 5.74) is 0. The second-order valence-electron chi connectivity index (χ2n) is 0.964. The van der Waals surface area contributed by atoms with Crippen LogP contribution in [0.1, 0.15) is 0 Å². The summed E-state index contributed by atoms with van der Waals surface area (Å²) in [5.74, 6) is 4.94. The van der Waals surface area contributed by atoms with Crippen molar-refractivity contribution in [3.05, 3.63) is 0 Å². The van der Waals surface area contributed by atoms with E-state index in [1.165, 1.54) is 5.01 Å². The smallest absolute Gasteiger partial charge is 0.00105 e. The molecule has 0 radical (unpaired) electrons. The van der Waals surface area contributed by atoms with E-state index in [1.54, 1.807) is 14.1 Å². The molecule has 4 heteroatoms. The topological polar surface area (TPSA) is 29.3 Å². The molecule has 2 nitrogen and oxygen atoms in total. The first-order valence-corrected chi connectivity index (χ1v) is 1.15. The van der Waals surface area contributed by atoms with Gasteiger partial charge in [-0.05, 0) is 0 Å². The monoisotopic (exact) mass is 132 g/mol. The number of hydrogen-bond acceptors (Lipinski definition) is 2. The number of halogens is 2. The fourth-order valence-corrected chi connectivity index (χ4v) is 0. The van der Waals surface area contributed by atoms with Crippen LogP contribution in [0.5, 0.6) is 0 Å². The average molecular weight is 133 g/mol. The Morgan fingerprint density at radius 2 is 1.17 bits per heavy atom. The summed E-state index contributed by atoms with van der Waals surface area (Å²) in [6.07, 6.45) is 0. The van der Waals surface area contributed by atoms with Gasteiger partial charge in [0.25, 0.3) is 0 Å². The highest BCUT2D eigenvalue weighted by Gasteiger charge is 1.57. The van der Waals surface area contributed by atoms with Crippen molar-refractivity contribution in [3.8, 4) is 0 Å². The molecule has 42 valence electrons. The molecule has 0 saturated heterocycles. The summed E-state index contributed by atoms with van der Waals surface area (Å²) in [5, 5.41) is 1.50. The Morgan fingerprint density at radius 1 is 1.17 bits per heavy atom. The largest absolute Gasteiger partial charge is 0.269 e. The Hall–Kier alpha value is 0.500. The molecule has 0 aliphatic carbocycles. The minimum Gasteiger partial charge on any atom is -0.269 e. The molecule has 0 aliphatic heterocycles. The van der Waals surface area contributed by atoms with E-state index in [0.717, 1.165) is 0 Å². The first kappa shape index (κ1) is 16.1. The van der Waals surface area contributed by atoms with Crippen molar-refractivity contribution in [3.63, 3.8) is 0 Å². The zero-order chi connectivity index (χ0) is 3.58. The van der Waals surface area contributed by atoms with Gasteiger partial charge in [-0.2, -0.15) is 0 Å². The Morgan fingerprint density at radius 3 is 1.17 bits per heavy atom. The van der Waals surface area contributed by atoms with Crippen molar-refractivity contribution < 1.29 is 0 Å². The molecule has 0 saturated carbocycles. The van der Waals surface area contributed by atoms with Crippen LogP contribution >= 0.6 is 24.8 Å². The van der Waals surface area contributed by atoms with Crippen LogP contribution in [-0.2, 0) is 0 Å². The lowest BCUT2D eigenvalue weighted by Crippen LogP contribution is -2.18. The summed E-state index contributed by atoms with van der Waals surface area (Å²) < 4.78 is 0. The van der Waals surface area contributed by atoms with Crippen molar-refractivity contribution in [1.29, 1.82) is 0 Å². The standard InChI is InChI=1S/C2H8N2.2ClH/c1-4(2)3;;/h3H2,1-2H3;2*1H. The second kappa shape index (κ2) is 9.09. The molecule has 0 aromatic heterocycles. The van der Waals surface area contributed by atoms with E-state index in [9.17, 15) is 0 Å². The van der Waals surface area contributed by atoms with Crippen molar-refractivity contribution >= 4 is 24.8 Å². The van der Waals surface area contributed by atoms with Crippen molar-refractivity contribution in [2.45, 2.75) is 0 Å². The normalized spacial score (nSPS) is 6.00. The van der Waals surface area contributed by atoms with Crippen molar-refractivity contribution in [2.24, 2.45) is 5.84 Å². The van der Waals surface area contributed by atoms with E-state index >= 15 is 0 Å². The molecule has 0 rings (SSSR count). The first-order chi connectivity index (χ1) is 1.73. The fraction of sp³-hybridized carbons (Fsp3) is 1.00. The summed E-state index contributed by atoms with van der Waals surface area (Å²) in [7, 11) is 3.56. The van der Waals surface area contributed by atoms with Gasteiger partial charge in [0.05, 0.1) is 0 Å². The van der Waals surface area contributed by atoms with Crippen LogP contribution in [0.15, 0.2) is 0 Å². The second-order valence-corrected chi connectivity index (χ2v) is 0.964. The maximum atomic E-state index is 4.94. The average Bonchev–Trinajstić information content (AvgIpc) is 0.811. The Bertz CT molecular complexity index is 14.3. The molecule has 6 heavy (non-hydrogen) atoms. The lowest BCUT2D eigenvalue weighted by atomic mass is 11.2. The number of rotatable bonds is 0. The Kier molecular flexibility index (Phi) is 24.3. The third kappa shape index (κ3) is 221. The third-order valence-corrected chi connectivity index (χ3v) is 0. The molecular formula is C2H10Cl2N2. The zero-order valence-electron chi connectivity index (χ0n) is 3.84. The van der Waals surface area contributed by atoms with Gasteiger partial charge in [0.15, 0.2) is 0 Å².